The first-order valence-electron chi connectivity index (χ1n) is 13.4. The number of likely N-dealkylation sites (N-methyl/N-ethyl adjacent to an activating group) is 1. The molecule has 3 amide bonds. The van der Waals surface area contributed by atoms with Crippen molar-refractivity contribution < 1.29 is 14.4 Å². The van der Waals surface area contributed by atoms with E-state index in [4.69, 9.17) is 0 Å². The lowest BCUT2D eigenvalue weighted by Crippen LogP contribution is -2.55. The van der Waals surface area contributed by atoms with E-state index in [0.717, 1.165) is 27.5 Å². The van der Waals surface area contributed by atoms with Crippen LogP contribution in [0.15, 0.2) is 85.2 Å². The molecular weight excluding hydrogens is 502 g/mol. The molecule has 4 aromatic rings. The lowest BCUT2D eigenvalue weighted by Gasteiger charge is -2.27. The molecule has 0 saturated carbocycles. The Balaban J connectivity index is 1.60. The molecule has 8 heteroatoms. The van der Waals surface area contributed by atoms with Gasteiger partial charge in [0.05, 0.1) is 36.9 Å². The summed E-state index contributed by atoms with van der Waals surface area (Å²) < 4.78 is 0. The van der Waals surface area contributed by atoms with Crippen molar-refractivity contribution in [3.05, 3.63) is 102 Å². The molecule has 1 aromatic heterocycles. The zero-order valence-corrected chi connectivity index (χ0v) is 22.9. The van der Waals surface area contributed by atoms with Gasteiger partial charge in [0, 0.05) is 12.4 Å². The van der Waals surface area contributed by atoms with Crippen LogP contribution in [0.25, 0.3) is 10.8 Å². The molecule has 3 aromatic carbocycles. The minimum absolute atomic E-state index is 0.0160. The lowest BCUT2D eigenvalue weighted by atomic mass is 9.99. The van der Waals surface area contributed by atoms with Crippen LogP contribution in [-0.4, -0.2) is 48.4 Å². The number of anilines is 2. The SMILES string of the molecule is CNC(C)C(=O)NC1CN(C(=O)Cc2cccnc2)c2ccccc2N(Cc2c(C)ccc3ccccc23)C1=O. The Morgan fingerprint density at radius 3 is 2.50 bits per heavy atom. The van der Waals surface area contributed by atoms with Crippen LogP contribution in [0.4, 0.5) is 11.4 Å². The molecule has 204 valence electrons. The van der Waals surface area contributed by atoms with Crippen molar-refractivity contribution in [2.45, 2.75) is 38.9 Å². The van der Waals surface area contributed by atoms with Crippen molar-refractivity contribution in [3.8, 4) is 0 Å². The first-order valence-corrected chi connectivity index (χ1v) is 13.4. The minimum atomic E-state index is -0.941. The summed E-state index contributed by atoms with van der Waals surface area (Å²) in [5, 5.41) is 7.98. The summed E-state index contributed by atoms with van der Waals surface area (Å²) in [6.07, 6.45) is 3.44. The van der Waals surface area contributed by atoms with Gasteiger partial charge in [-0.3, -0.25) is 19.4 Å². The molecule has 0 radical (unpaired) electrons. The number of para-hydroxylation sites is 2. The van der Waals surface area contributed by atoms with Crippen LogP contribution >= 0.6 is 0 Å². The number of hydrogen-bond donors (Lipinski definition) is 2. The summed E-state index contributed by atoms with van der Waals surface area (Å²) >= 11 is 0. The third-order valence-corrected chi connectivity index (χ3v) is 7.51. The van der Waals surface area contributed by atoms with Gasteiger partial charge in [-0.15, -0.1) is 0 Å². The molecule has 2 atom stereocenters. The van der Waals surface area contributed by atoms with Gasteiger partial charge in [-0.25, -0.2) is 0 Å². The number of hydrogen-bond acceptors (Lipinski definition) is 5. The molecule has 0 spiro atoms. The van der Waals surface area contributed by atoms with Crippen molar-refractivity contribution >= 4 is 39.9 Å². The molecule has 2 heterocycles. The van der Waals surface area contributed by atoms with Crippen LogP contribution < -0.4 is 20.4 Å². The number of aromatic nitrogens is 1. The van der Waals surface area contributed by atoms with Gasteiger partial charge in [0.1, 0.15) is 6.04 Å². The highest BCUT2D eigenvalue weighted by Crippen LogP contribution is 2.36. The second-order valence-corrected chi connectivity index (χ2v) is 10.1. The van der Waals surface area contributed by atoms with Gasteiger partial charge in [0.15, 0.2) is 0 Å². The van der Waals surface area contributed by atoms with Gasteiger partial charge in [0.2, 0.25) is 11.8 Å². The van der Waals surface area contributed by atoms with Gasteiger partial charge >= 0.3 is 0 Å². The molecule has 8 nitrogen and oxygen atoms in total. The van der Waals surface area contributed by atoms with E-state index in [1.165, 1.54) is 0 Å². The van der Waals surface area contributed by atoms with E-state index in [1.54, 1.807) is 42.2 Å². The van der Waals surface area contributed by atoms with E-state index in [2.05, 4.69) is 39.9 Å². The zero-order valence-electron chi connectivity index (χ0n) is 22.9. The predicted molar refractivity (Wildman–Crippen MR) is 157 cm³/mol. The topological polar surface area (TPSA) is 94.6 Å². The maximum atomic E-state index is 14.3. The number of nitrogens with zero attached hydrogens (tertiary/aromatic N) is 3. The van der Waals surface area contributed by atoms with Crippen molar-refractivity contribution in [1.29, 1.82) is 0 Å². The van der Waals surface area contributed by atoms with Crippen LogP contribution in [-0.2, 0) is 27.3 Å². The summed E-state index contributed by atoms with van der Waals surface area (Å²) in [5.74, 6) is -0.766. The van der Waals surface area contributed by atoms with Crippen LogP contribution in [0.5, 0.6) is 0 Å². The van der Waals surface area contributed by atoms with Gasteiger partial charge in [-0.1, -0.05) is 54.6 Å². The monoisotopic (exact) mass is 535 g/mol. The number of carbonyl (C=O) groups excluding carboxylic acids is 3. The van der Waals surface area contributed by atoms with Crippen LogP contribution in [0.3, 0.4) is 0 Å². The van der Waals surface area contributed by atoms with E-state index in [1.807, 2.05) is 49.4 Å². The fraction of sp³-hybridized carbons (Fsp3) is 0.250. The zero-order chi connectivity index (χ0) is 28.2. The predicted octanol–water partition coefficient (Wildman–Crippen LogP) is 3.76. The van der Waals surface area contributed by atoms with Gasteiger partial charge in [-0.2, -0.15) is 0 Å². The van der Waals surface area contributed by atoms with Gasteiger partial charge < -0.3 is 20.4 Å². The Hall–Kier alpha value is -4.56. The number of rotatable bonds is 7. The number of carbonyl (C=O) groups is 3. The first-order chi connectivity index (χ1) is 19.4. The number of amides is 3. The highest BCUT2D eigenvalue weighted by atomic mass is 16.2. The molecule has 0 fully saturated rings. The van der Waals surface area contributed by atoms with E-state index in [-0.39, 0.29) is 30.7 Å². The van der Waals surface area contributed by atoms with Gasteiger partial charge in [-0.05, 0) is 66.6 Å². The molecule has 1 aliphatic rings. The van der Waals surface area contributed by atoms with Crippen molar-refractivity contribution in [3.63, 3.8) is 0 Å². The standard InChI is InChI=1S/C32H33N5O3/c1-21-14-15-24-10-4-5-11-25(24)26(21)19-37-29-13-7-6-12-28(29)36(30(38)17-23-9-8-16-34-18-23)20-27(32(37)40)35-31(39)22(2)33-3/h4-16,18,22,27,33H,17,19-20H2,1-3H3,(H,35,39). The largest absolute Gasteiger partial charge is 0.341 e. The Bertz CT molecular complexity index is 1550. The summed E-state index contributed by atoms with van der Waals surface area (Å²) in [7, 11) is 1.69. The Morgan fingerprint density at radius 2 is 1.75 bits per heavy atom. The number of aryl methyl sites for hydroxylation is 1. The molecule has 2 unspecified atom stereocenters. The maximum absolute atomic E-state index is 14.3. The molecular formula is C32H33N5O3. The molecule has 5 rings (SSSR count). The summed E-state index contributed by atoms with van der Waals surface area (Å²) in [5.41, 5.74) is 4.10. The quantitative estimate of drug-likeness (QED) is 0.376. The van der Waals surface area contributed by atoms with Gasteiger partial charge in [0.25, 0.3) is 5.91 Å². The second-order valence-electron chi connectivity index (χ2n) is 10.1. The lowest BCUT2D eigenvalue weighted by molar-refractivity contribution is -0.128. The van der Waals surface area contributed by atoms with E-state index in [0.29, 0.717) is 17.9 Å². The summed E-state index contributed by atoms with van der Waals surface area (Å²) in [6.45, 7) is 4.07. The number of fused-ring (bicyclic) bond motifs is 2. The second kappa shape index (κ2) is 11.7. The molecule has 0 saturated heterocycles. The fourth-order valence-electron chi connectivity index (χ4n) is 5.11. The van der Waals surface area contributed by atoms with Crippen molar-refractivity contribution in [2.24, 2.45) is 0 Å². The number of benzene rings is 3. The summed E-state index contributed by atoms with van der Waals surface area (Å²) in [6, 6.07) is 21.9. The van der Waals surface area contributed by atoms with Crippen LogP contribution in [0, 0.1) is 6.92 Å². The molecule has 40 heavy (non-hydrogen) atoms. The van der Waals surface area contributed by atoms with E-state index >= 15 is 0 Å². The average Bonchev–Trinajstić information content (AvgIpc) is 3.09. The van der Waals surface area contributed by atoms with Crippen LogP contribution in [0.1, 0.15) is 23.6 Å². The molecule has 1 aliphatic heterocycles. The Morgan fingerprint density at radius 1 is 1.00 bits per heavy atom. The summed E-state index contributed by atoms with van der Waals surface area (Å²) in [4.78, 5) is 48.5. The van der Waals surface area contributed by atoms with Crippen molar-refractivity contribution in [1.82, 2.24) is 15.6 Å². The van der Waals surface area contributed by atoms with Crippen molar-refractivity contribution in [2.75, 3.05) is 23.4 Å². The van der Waals surface area contributed by atoms with Crippen LogP contribution in [0.2, 0.25) is 0 Å². The third kappa shape index (κ3) is 5.44. The third-order valence-electron chi connectivity index (χ3n) is 7.51. The Kier molecular flexibility index (Phi) is 7.89. The highest BCUT2D eigenvalue weighted by Gasteiger charge is 2.37. The fourth-order valence-corrected chi connectivity index (χ4v) is 5.11. The highest BCUT2D eigenvalue weighted by molar-refractivity contribution is 6.08. The average molecular weight is 536 g/mol. The number of pyridine rings is 1. The van der Waals surface area contributed by atoms with E-state index in [9.17, 15) is 14.4 Å². The molecule has 2 N–H and O–H groups in total. The molecule has 0 aliphatic carbocycles. The number of nitrogens with one attached hydrogen (secondary N) is 2. The maximum Gasteiger partial charge on any atom is 0.251 e. The van der Waals surface area contributed by atoms with E-state index < -0.39 is 12.1 Å². The molecule has 0 bridgehead atoms. The Labute approximate surface area is 234 Å². The normalized spacial score (nSPS) is 15.9. The first kappa shape index (κ1) is 27.0. The minimum Gasteiger partial charge on any atom is -0.341 e. The smallest absolute Gasteiger partial charge is 0.251 e.